The second-order valence-electron chi connectivity index (χ2n) is 3.70. The molecular weight excluding hydrogens is 208 g/mol. The predicted molar refractivity (Wildman–Crippen MR) is 62.3 cm³/mol. The first-order chi connectivity index (χ1) is 7.74. The van der Waals surface area contributed by atoms with Gasteiger partial charge in [0.25, 0.3) is 0 Å². The molecule has 0 bridgehead atoms. The number of carbonyl (C=O) groups is 1. The Hall–Kier alpha value is -0.770. The molecule has 0 saturated carbocycles. The molecule has 4 nitrogen and oxygen atoms in total. The van der Waals surface area contributed by atoms with E-state index in [1.54, 1.807) is 0 Å². The lowest BCUT2D eigenvalue weighted by Gasteiger charge is -2.14. The zero-order chi connectivity index (χ0) is 12.2. The molecule has 0 saturated heterocycles. The van der Waals surface area contributed by atoms with Crippen molar-refractivity contribution in [3.63, 3.8) is 0 Å². The summed E-state index contributed by atoms with van der Waals surface area (Å²) in [5.41, 5.74) is 0. The van der Waals surface area contributed by atoms with Crippen LogP contribution >= 0.6 is 0 Å². The van der Waals surface area contributed by atoms with Crippen LogP contribution < -0.4 is 0 Å². The third kappa shape index (κ3) is 8.53. The minimum Gasteiger partial charge on any atom is -0.434 e. The van der Waals surface area contributed by atoms with Crippen molar-refractivity contribution in [3.05, 3.63) is 0 Å². The van der Waals surface area contributed by atoms with Crippen LogP contribution in [0.4, 0.5) is 4.79 Å². The molecule has 0 aliphatic carbocycles. The Morgan fingerprint density at radius 2 is 1.88 bits per heavy atom. The van der Waals surface area contributed by atoms with Gasteiger partial charge in [0.2, 0.25) is 0 Å². The summed E-state index contributed by atoms with van der Waals surface area (Å²) >= 11 is 0. The fourth-order valence-electron chi connectivity index (χ4n) is 1.25. The van der Waals surface area contributed by atoms with Gasteiger partial charge in [-0.25, -0.2) is 4.79 Å². The monoisotopic (exact) mass is 232 g/mol. The van der Waals surface area contributed by atoms with E-state index in [1.165, 1.54) is 0 Å². The molecule has 0 aliphatic rings. The average molecular weight is 232 g/mol. The van der Waals surface area contributed by atoms with Crippen molar-refractivity contribution in [1.82, 2.24) is 0 Å². The quantitative estimate of drug-likeness (QED) is 0.347. The van der Waals surface area contributed by atoms with Crippen LogP contribution in [0.2, 0.25) is 0 Å². The van der Waals surface area contributed by atoms with Crippen LogP contribution in [0.15, 0.2) is 0 Å². The molecule has 0 aromatic rings. The standard InChI is InChI=1S/C12H24O4/c1-4-7-9-14-12(13)16-10-15-11(6-3)8-5-2/h11H,4-10H2,1-3H3. The van der Waals surface area contributed by atoms with Crippen LogP contribution in [-0.2, 0) is 14.2 Å². The Morgan fingerprint density at radius 1 is 1.12 bits per heavy atom. The molecule has 0 aromatic carbocycles. The van der Waals surface area contributed by atoms with Gasteiger partial charge in [0.05, 0.1) is 12.7 Å². The SMILES string of the molecule is CCCCOC(=O)OCOC(CC)CCC. The lowest BCUT2D eigenvalue weighted by atomic mass is 10.2. The topological polar surface area (TPSA) is 44.8 Å². The molecule has 0 rings (SSSR count). The van der Waals surface area contributed by atoms with Crippen molar-refractivity contribution >= 4 is 6.16 Å². The van der Waals surface area contributed by atoms with E-state index in [1.807, 2.05) is 6.92 Å². The molecule has 0 amide bonds. The van der Waals surface area contributed by atoms with Gasteiger partial charge in [0, 0.05) is 0 Å². The van der Waals surface area contributed by atoms with E-state index in [0.717, 1.165) is 32.1 Å². The second kappa shape index (κ2) is 10.7. The Balaban J connectivity index is 3.44. The second-order valence-corrected chi connectivity index (χ2v) is 3.70. The maximum atomic E-state index is 11.0. The highest BCUT2D eigenvalue weighted by molar-refractivity contribution is 5.59. The minimum absolute atomic E-state index is 0.0105. The number of ether oxygens (including phenoxy) is 3. The Bertz CT molecular complexity index is 170. The van der Waals surface area contributed by atoms with E-state index in [4.69, 9.17) is 14.2 Å². The first-order valence-corrected chi connectivity index (χ1v) is 6.15. The lowest BCUT2D eigenvalue weighted by Crippen LogP contribution is -2.17. The Kier molecular flexibility index (Phi) is 10.2. The van der Waals surface area contributed by atoms with E-state index in [0.29, 0.717) is 6.61 Å². The Labute approximate surface area is 98.3 Å². The van der Waals surface area contributed by atoms with Crippen LogP contribution in [0.3, 0.4) is 0 Å². The third-order valence-corrected chi connectivity index (χ3v) is 2.26. The number of rotatable bonds is 9. The maximum absolute atomic E-state index is 11.0. The van der Waals surface area contributed by atoms with Gasteiger partial charge in [-0.1, -0.05) is 33.6 Å². The lowest BCUT2D eigenvalue weighted by molar-refractivity contribution is -0.0796. The number of carbonyl (C=O) groups excluding carboxylic acids is 1. The van der Waals surface area contributed by atoms with Gasteiger partial charge < -0.3 is 14.2 Å². The van der Waals surface area contributed by atoms with E-state index in [9.17, 15) is 4.79 Å². The van der Waals surface area contributed by atoms with Crippen LogP contribution in [-0.4, -0.2) is 25.7 Å². The third-order valence-electron chi connectivity index (χ3n) is 2.26. The molecule has 96 valence electrons. The molecule has 0 heterocycles. The first-order valence-electron chi connectivity index (χ1n) is 6.15. The number of unbranched alkanes of at least 4 members (excludes halogenated alkanes) is 1. The Morgan fingerprint density at radius 3 is 2.44 bits per heavy atom. The van der Waals surface area contributed by atoms with Gasteiger partial charge in [-0.05, 0) is 19.3 Å². The smallest absolute Gasteiger partial charge is 0.434 e. The highest BCUT2D eigenvalue weighted by Crippen LogP contribution is 2.06. The largest absolute Gasteiger partial charge is 0.510 e. The highest BCUT2D eigenvalue weighted by atomic mass is 16.8. The summed E-state index contributed by atoms with van der Waals surface area (Å²) in [6.07, 6.45) is 4.39. The van der Waals surface area contributed by atoms with E-state index in [2.05, 4.69) is 13.8 Å². The molecule has 1 atom stereocenters. The van der Waals surface area contributed by atoms with Crippen LogP contribution in [0, 0.1) is 0 Å². The van der Waals surface area contributed by atoms with Crippen molar-refractivity contribution < 1.29 is 19.0 Å². The normalized spacial score (nSPS) is 12.2. The molecule has 0 N–H and O–H groups in total. The molecule has 1 unspecified atom stereocenters. The van der Waals surface area contributed by atoms with E-state index in [-0.39, 0.29) is 12.9 Å². The fourth-order valence-corrected chi connectivity index (χ4v) is 1.25. The summed E-state index contributed by atoms with van der Waals surface area (Å²) in [5, 5.41) is 0. The molecular formula is C12H24O4. The van der Waals surface area contributed by atoms with Crippen molar-refractivity contribution in [2.75, 3.05) is 13.4 Å². The molecule has 4 heteroatoms. The van der Waals surface area contributed by atoms with Crippen LogP contribution in [0.25, 0.3) is 0 Å². The molecule has 0 fully saturated rings. The summed E-state index contributed by atoms with van der Waals surface area (Å²) in [6, 6.07) is 0. The van der Waals surface area contributed by atoms with E-state index >= 15 is 0 Å². The molecule has 0 aromatic heterocycles. The average Bonchev–Trinajstić information content (AvgIpc) is 2.28. The molecule has 0 spiro atoms. The zero-order valence-corrected chi connectivity index (χ0v) is 10.7. The van der Waals surface area contributed by atoms with Crippen LogP contribution in [0.1, 0.15) is 52.9 Å². The van der Waals surface area contributed by atoms with Crippen molar-refractivity contribution in [2.45, 2.75) is 59.0 Å². The minimum atomic E-state index is -0.639. The van der Waals surface area contributed by atoms with Gasteiger partial charge in [-0.15, -0.1) is 0 Å². The fraction of sp³-hybridized carbons (Fsp3) is 0.917. The van der Waals surface area contributed by atoms with Gasteiger partial charge in [-0.2, -0.15) is 0 Å². The van der Waals surface area contributed by atoms with Gasteiger partial charge in [-0.3, -0.25) is 0 Å². The highest BCUT2D eigenvalue weighted by Gasteiger charge is 2.07. The van der Waals surface area contributed by atoms with Crippen molar-refractivity contribution in [2.24, 2.45) is 0 Å². The van der Waals surface area contributed by atoms with Crippen molar-refractivity contribution in [1.29, 1.82) is 0 Å². The van der Waals surface area contributed by atoms with Gasteiger partial charge in [0.1, 0.15) is 0 Å². The van der Waals surface area contributed by atoms with Crippen molar-refractivity contribution in [3.8, 4) is 0 Å². The number of hydrogen-bond donors (Lipinski definition) is 0. The van der Waals surface area contributed by atoms with E-state index < -0.39 is 6.16 Å². The summed E-state index contributed by atoms with van der Waals surface area (Å²) in [4.78, 5) is 11.0. The summed E-state index contributed by atoms with van der Waals surface area (Å²) in [6.45, 7) is 6.60. The predicted octanol–water partition coefficient (Wildman–Crippen LogP) is 3.49. The molecule has 0 radical (unpaired) electrons. The summed E-state index contributed by atoms with van der Waals surface area (Å²) in [7, 11) is 0. The zero-order valence-electron chi connectivity index (χ0n) is 10.7. The molecule has 0 aliphatic heterocycles. The maximum Gasteiger partial charge on any atom is 0.510 e. The summed E-state index contributed by atoms with van der Waals surface area (Å²) < 4.78 is 15.0. The van der Waals surface area contributed by atoms with Crippen LogP contribution in [0.5, 0.6) is 0 Å². The number of hydrogen-bond acceptors (Lipinski definition) is 4. The van der Waals surface area contributed by atoms with Gasteiger partial charge >= 0.3 is 6.16 Å². The van der Waals surface area contributed by atoms with Gasteiger partial charge in [0.15, 0.2) is 6.79 Å². The molecule has 16 heavy (non-hydrogen) atoms. The summed E-state index contributed by atoms with van der Waals surface area (Å²) in [5.74, 6) is 0. The first kappa shape index (κ1) is 15.2.